The zero-order valence-electron chi connectivity index (χ0n) is 12.4. The van der Waals surface area contributed by atoms with Gasteiger partial charge in [0.2, 0.25) is 0 Å². The minimum Gasteiger partial charge on any atom is -0.300 e. The van der Waals surface area contributed by atoms with Crippen LogP contribution in [0, 0.1) is 0 Å². The number of rotatable bonds is 6. The number of aromatic nitrogens is 2. The van der Waals surface area contributed by atoms with Gasteiger partial charge < -0.3 is 0 Å². The summed E-state index contributed by atoms with van der Waals surface area (Å²) in [6.45, 7) is 11.7. The quantitative estimate of drug-likeness (QED) is 0.726. The Balaban J connectivity index is 1.99. The summed E-state index contributed by atoms with van der Waals surface area (Å²) in [5, 5.41) is 4.67. The molecule has 0 N–H and O–H groups in total. The average Bonchev–Trinajstić information content (AvgIpc) is 2.77. The summed E-state index contributed by atoms with van der Waals surface area (Å²) >= 11 is 9.54. The van der Waals surface area contributed by atoms with Crippen LogP contribution in [0.15, 0.2) is 4.47 Å². The molecule has 6 heteroatoms. The highest BCUT2D eigenvalue weighted by molar-refractivity contribution is 9.10. The second kappa shape index (κ2) is 7.78. The van der Waals surface area contributed by atoms with Crippen LogP contribution in [0.25, 0.3) is 0 Å². The lowest BCUT2D eigenvalue weighted by Gasteiger charge is -2.34. The van der Waals surface area contributed by atoms with E-state index >= 15 is 0 Å². The van der Waals surface area contributed by atoms with Crippen molar-refractivity contribution in [2.45, 2.75) is 33.4 Å². The molecule has 0 saturated carbocycles. The van der Waals surface area contributed by atoms with Crippen molar-refractivity contribution in [3.05, 3.63) is 15.9 Å². The zero-order chi connectivity index (χ0) is 14.5. The van der Waals surface area contributed by atoms with Gasteiger partial charge >= 0.3 is 0 Å². The Hall–Kier alpha value is -0.100. The summed E-state index contributed by atoms with van der Waals surface area (Å²) in [4.78, 5) is 4.95. The van der Waals surface area contributed by atoms with Gasteiger partial charge in [-0.3, -0.25) is 14.5 Å². The molecule has 114 valence electrons. The first-order valence-electron chi connectivity index (χ1n) is 7.44. The van der Waals surface area contributed by atoms with Crippen molar-refractivity contribution in [3.8, 4) is 0 Å². The van der Waals surface area contributed by atoms with E-state index in [1.807, 2.05) is 0 Å². The molecule has 4 nitrogen and oxygen atoms in total. The molecule has 1 aromatic heterocycles. The zero-order valence-corrected chi connectivity index (χ0v) is 14.8. The van der Waals surface area contributed by atoms with E-state index in [0.29, 0.717) is 0 Å². The third-order valence-electron chi connectivity index (χ3n) is 3.93. The van der Waals surface area contributed by atoms with Gasteiger partial charge in [0.05, 0.1) is 15.9 Å². The van der Waals surface area contributed by atoms with E-state index in [0.717, 1.165) is 58.1 Å². The fraction of sp³-hybridized carbons (Fsp3) is 0.786. The van der Waals surface area contributed by atoms with Gasteiger partial charge in [-0.25, -0.2) is 0 Å². The average molecular weight is 364 g/mol. The molecule has 0 bridgehead atoms. The molecular weight excluding hydrogens is 340 g/mol. The lowest BCUT2D eigenvalue weighted by atomic mass is 10.2. The maximum Gasteiger partial charge on any atom is 0.0767 e. The highest BCUT2D eigenvalue weighted by Gasteiger charge is 2.20. The molecule has 0 unspecified atom stereocenters. The van der Waals surface area contributed by atoms with Crippen LogP contribution in [-0.2, 0) is 19.5 Å². The summed E-state index contributed by atoms with van der Waals surface area (Å²) in [5.74, 6) is 0.730. The van der Waals surface area contributed by atoms with Crippen LogP contribution in [-0.4, -0.2) is 58.2 Å². The van der Waals surface area contributed by atoms with Gasteiger partial charge in [-0.2, -0.15) is 5.10 Å². The minimum atomic E-state index is 0.730. The van der Waals surface area contributed by atoms with Gasteiger partial charge in [0.15, 0.2) is 0 Å². The van der Waals surface area contributed by atoms with Gasteiger partial charge in [-0.15, -0.1) is 11.6 Å². The van der Waals surface area contributed by atoms with E-state index in [4.69, 9.17) is 11.6 Å². The van der Waals surface area contributed by atoms with E-state index < -0.39 is 0 Å². The summed E-state index contributed by atoms with van der Waals surface area (Å²) < 4.78 is 3.33. The van der Waals surface area contributed by atoms with E-state index in [1.165, 1.54) is 15.9 Å². The van der Waals surface area contributed by atoms with Crippen molar-refractivity contribution in [3.63, 3.8) is 0 Å². The number of nitrogens with zero attached hydrogens (tertiary/aromatic N) is 4. The molecule has 0 radical (unpaired) electrons. The molecule has 0 aromatic carbocycles. The summed E-state index contributed by atoms with van der Waals surface area (Å²) in [7, 11) is 0. The first-order valence-corrected chi connectivity index (χ1v) is 8.77. The molecule has 20 heavy (non-hydrogen) atoms. The second-order valence-electron chi connectivity index (χ2n) is 5.18. The molecular formula is C14H24BrClN4. The van der Waals surface area contributed by atoms with E-state index in [-0.39, 0.29) is 0 Å². The Morgan fingerprint density at radius 3 is 2.35 bits per heavy atom. The van der Waals surface area contributed by atoms with Gasteiger partial charge in [0.25, 0.3) is 0 Å². The molecule has 1 aliphatic rings. The molecule has 0 atom stereocenters. The van der Waals surface area contributed by atoms with Crippen molar-refractivity contribution >= 4 is 27.5 Å². The molecule has 1 aliphatic heterocycles. The van der Waals surface area contributed by atoms with Gasteiger partial charge in [0, 0.05) is 51.7 Å². The molecule has 1 aromatic rings. The lowest BCUT2D eigenvalue weighted by Crippen LogP contribution is -2.46. The van der Waals surface area contributed by atoms with Crippen molar-refractivity contribution in [1.82, 2.24) is 19.6 Å². The first-order chi connectivity index (χ1) is 9.69. The normalized spacial score (nSPS) is 17.8. The van der Waals surface area contributed by atoms with Gasteiger partial charge in [0.1, 0.15) is 0 Å². The van der Waals surface area contributed by atoms with Crippen LogP contribution in [0.5, 0.6) is 0 Å². The molecule has 0 amide bonds. The van der Waals surface area contributed by atoms with Crippen LogP contribution in [0.3, 0.4) is 0 Å². The molecule has 2 rings (SSSR count). The van der Waals surface area contributed by atoms with Gasteiger partial charge in [-0.1, -0.05) is 6.92 Å². The Bertz CT molecular complexity index is 427. The van der Waals surface area contributed by atoms with Crippen LogP contribution in [0.2, 0.25) is 0 Å². The predicted octanol–water partition coefficient (Wildman–Crippen LogP) is 2.58. The Morgan fingerprint density at radius 1 is 1.15 bits per heavy atom. The largest absolute Gasteiger partial charge is 0.300 e. The summed E-state index contributed by atoms with van der Waals surface area (Å²) in [6, 6.07) is 0. The SMILES string of the molecule is CCc1nn(CC)c(CN2CCN(CCCl)CC2)c1Br. The molecule has 0 aliphatic carbocycles. The number of hydrogen-bond acceptors (Lipinski definition) is 3. The Labute approximate surface area is 135 Å². The van der Waals surface area contributed by atoms with Crippen molar-refractivity contribution in [1.29, 1.82) is 0 Å². The maximum atomic E-state index is 5.81. The third kappa shape index (κ3) is 3.75. The Kier molecular flexibility index (Phi) is 6.33. The summed E-state index contributed by atoms with van der Waals surface area (Å²) in [6.07, 6.45) is 0.976. The molecule has 0 spiro atoms. The topological polar surface area (TPSA) is 24.3 Å². The number of alkyl halides is 1. The standard InChI is InChI=1S/C14H24BrClN4/c1-3-12-14(15)13(20(4-2)17-12)11-19-9-7-18(6-5-16)8-10-19/h3-11H2,1-2H3. The minimum absolute atomic E-state index is 0.730. The fourth-order valence-corrected chi connectivity index (χ4v) is 3.60. The molecule has 2 heterocycles. The highest BCUT2D eigenvalue weighted by Crippen LogP contribution is 2.24. The van der Waals surface area contributed by atoms with Crippen LogP contribution < -0.4 is 0 Å². The van der Waals surface area contributed by atoms with Crippen LogP contribution >= 0.6 is 27.5 Å². The van der Waals surface area contributed by atoms with Gasteiger partial charge in [-0.05, 0) is 29.3 Å². The molecule has 1 fully saturated rings. The molecule has 1 saturated heterocycles. The number of aryl methyl sites for hydroxylation is 2. The van der Waals surface area contributed by atoms with E-state index in [1.54, 1.807) is 0 Å². The maximum absolute atomic E-state index is 5.81. The van der Waals surface area contributed by atoms with Crippen molar-refractivity contribution in [2.75, 3.05) is 38.6 Å². The van der Waals surface area contributed by atoms with Crippen molar-refractivity contribution < 1.29 is 0 Å². The third-order valence-corrected chi connectivity index (χ3v) is 5.02. The summed E-state index contributed by atoms with van der Waals surface area (Å²) in [5.41, 5.74) is 2.48. The van der Waals surface area contributed by atoms with Crippen LogP contribution in [0.1, 0.15) is 25.2 Å². The van der Waals surface area contributed by atoms with E-state index in [9.17, 15) is 0 Å². The smallest absolute Gasteiger partial charge is 0.0767 e. The number of hydrogen-bond donors (Lipinski definition) is 0. The number of piperazine rings is 1. The highest BCUT2D eigenvalue weighted by atomic mass is 79.9. The predicted molar refractivity (Wildman–Crippen MR) is 87.4 cm³/mol. The number of halogens is 2. The lowest BCUT2D eigenvalue weighted by molar-refractivity contribution is 0.130. The van der Waals surface area contributed by atoms with Crippen molar-refractivity contribution in [2.24, 2.45) is 0 Å². The Morgan fingerprint density at radius 2 is 1.80 bits per heavy atom. The fourth-order valence-electron chi connectivity index (χ4n) is 2.67. The first kappa shape index (κ1) is 16.3. The van der Waals surface area contributed by atoms with E-state index in [2.05, 4.69) is 49.4 Å². The monoisotopic (exact) mass is 362 g/mol. The second-order valence-corrected chi connectivity index (χ2v) is 6.35. The van der Waals surface area contributed by atoms with Crippen LogP contribution in [0.4, 0.5) is 0 Å².